The van der Waals surface area contributed by atoms with Crippen molar-refractivity contribution in [3.05, 3.63) is 59.9 Å². The number of anilines is 2. The van der Waals surface area contributed by atoms with Gasteiger partial charge in [-0.1, -0.05) is 24.3 Å². The number of nitrogens with zero attached hydrogens (tertiary/aromatic N) is 1. The molecule has 2 aromatic carbocycles. The molecule has 0 unspecified atom stereocenters. The van der Waals surface area contributed by atoms with Crippen molar-refractivity contribution >= 4 is 23.2 Å². The number of hydrogen-bond acceptors (Lipinski definition) is 2. The van der Waals surface area contributed by atoms with Crippen molar-refractivity contribution in [1.29, 1.82) is 0 Å². The zero-order valence-electron chi connectivity index (χ0n) is 13.4. The third kappa shape index (κ3) is 3.54. The standard InChI is InChI=1S/C18H14F4N2O2/c19-13-6-2-4-8-15(13)24-10-11(9-16(24)25)17(26)23-14-7-3-1-5-12(14)18(20,21)22/h1-8,11H,9-10H2,(H,23,26)/t11-/m0/s1. The van der Waals surface area contributed by atoms with Crippen LogP contribution >= 0.6 is 0 Å². The summed E-state index contributed by atoms with van der Waals surface area (Å²) >= 11 is 0. The Bertz CT molecular complexity index is 851. The zero-order chi connectivity index (χ0) is 18.9. The summed E-state index contributed by atoms with van der Waals surface area (Å²) < 4.78 is 52.9. The van der Waals surface area contributed by atoms with Crippen molar-refractivity contribution in [2.45, 2.75) is 12.6 Å². The Morgan fingerprint density at radius 2 is 1.73 bits per heavy atom. The van der Waals surface area contributed by atoms with Crippen LogP contribution in [-0.4, -0.2) is 18.4 Å². The maximum atomic E-state index is 13.9. The van der Waals surface area contributed by atoms with E-state index in [0.717, 1.165) is 17.0 Å². The molecule has 1 N–H and O–H groups in total. The van der Waals surface area contributed by atoms with Gasteiger partial charge in [-0.3, -0.25) is 9.59 Å². The molecule has 2 aromatic rings. The minimum Gasteiger partial charge on any atom is -0.325 e. The number of hydrogen-bond donors (Lipinski definition) is 1. The summed E-state index contributed by atoms with van der Waals surface area (Å²) in [7, 11) is 0. The molecule has 8 heteroatoms. The Morgan fingerprint density at radius 3 is 2.42 bits per heavy atom. The van der Waals surface area contributed by atoms with Gasteiger partial charge >= 0.3 is 6.18 Å². The summed E-state index contributed by atoms with van der Waals surface area (Å²) in [5.74, 6) is -2.65. The minimum absolute atomic E-state index is 0.0449. The first-order valence-electron chi connectivity index (χ1n) is 7.79. The quantitative estimate of drug-likeness (QED) is 0.840. The van der Waals surface area contributed by atoms with Crippen molar-refractivity contribution in [2.75, 3.05) is 16.8 Å². The number of carbonyl (C=O) groups is 2. The maximum Gasteiger partial charge on any atom is 0.418 e. The molecule has 26 heavy (non-hydrogen) atoms. The van der Waals surface area contributed by atoms with Crippen LogP contribution in [0.3, 0.4) is 0 Å². The number of alkyl halides is 3. The second-order valence-electron chi connectivity index (χ2n) is 5.89. The first kappa shape index (κ1) is 17.9. The van der Waals surface area contributed by atoms with E-state index in [1.807, 2.05) is 0 Å². The van der Waals surface area contributed by atoms with E-state index < -0.39 is 35.3 Å². The second-order valence-corrected chi connectivity index (χ2v) is 5.89. The predicted octanol–water partition coefficient (Wildman–Crippen LogP) is 3.84. The van der Waals surface area contributed by atoms with Gasteiger partial charge in [0.1, 0.15) is 5.82 Å². The number of rotatable bonds is 3. The highest BCUT2D eigenvalue weighted by atomic mass is 19.4. The molecular formula is C18H14F4N2O2. The lowest BCUT2D eigenvalue weighted by Crippen LogP contribution is -2.29. The van der Waals surface area contributed by atoms with E-state index >= 15 is 0 Å². The topological polar surface area (TPSA) is 49.4 Å². The Kier molecular flexibility index (Phi) is 4.67. The van der Waals surface area contributed by atoms with E-state index in [-0.39, 0.29) is 24.3 Å². The highest BCUT2D eigenvalue weighted by Crippen LogP contribution is 2.35. The monoisotopic (exact) mass is 366 g/mol. The van der Waals surface area contributed by atoms with Crippen molar-refractivity contribution in [3.63, 3.8) is 0 Å². The molecule has 136 valence electrons. The summed E-state index contributed by atoms with van der Waals surface area (Å²) in [6.07, 6.45) is -4.82. The second kappa shape index (κ2) is 6.78. The average Bonchev–Trinajstić information content (AvgIpc) is 2.97. The molecule has 4 nitrogen and oxygen atoms in total. The number of halogens is 4. The fourth-order valence-corrected chi connectivity index (χ4v) is 2.86. The summed E-state index contributed by atoms with van der Waals surface area (Å²) in [5.41, 5.74) is -1.30. The highest BCUT2D eigenvalue weighted by Gasteiger charge is 2.38. The fraction of sp³-hybridized carbons (Fsp3) is 0.222. The molecule has 0 bridgehead atoms. The summed E-state index contributed by atoms with van der Waals surface area (Å²) in [5, 5.41) is 2.23. The molecule has 2 amide bonds. The van der Waals surface area contributed by atoms with Gasteiger partial charge in [0.15, 0.2) is 0 Å². The largest absolute Gasteiger partial charge is 0.418 e. The molecule has 3 rings (SSSR count). The lowest BCUT2D eigenvalue weighted by Gasteiger charge is -2.18. The van der Waals surface area contributed by atoms with Gasteiger partial charge in [-0.2, -0.15) is 13.2 Å². The first-order chi connectivity index (χ1) is 12.3. The minimum atomic E-state index is -4.62. The number of para-hydroxylation sites is 2. The lowest BCUT2D eigenvalue weighted by molar-refractivity contribution is -0.137. The molecule has 1 fully saturated rings. The van der Waals surface area contributed by atoms with Gasteiger partial charge in [0, 0.05) is 13.0 Å². The summed E-state index contributed by atoms with van der Waals surface area (Å²) in [6, 6.07) is 10.2. The Morgan fingerprint density at radius 1 is 1.08 bits per heavy atom. The van der Waals surface area contributed by atoms with E-state index in [1.165, 1.54) is 30.3 Å². The molecule has 0 aliphatic carbocycles. The molecule has 1 saturated heterocycles. The van der Waals surface area contributed by atoms with Crippen LogP contribution in [0.25, 0.3) is 0 Å². The van der Waals surface area contributed by atoms with Gasteiger partial charge in [0.25, 0.3) is 0 Å². The van der Waals surface area contributed by atoms with Gasteiger partial charge in [-0.05, 0) is 24.3 Å². The van der Waals surface area contributed by atoms with Crippen molar-refractivity contribution < 1.29 is 27.2 Å². The smallest absolute Gasteiger partial charge is 0.325 e. The Labute approximate surface area is 146 Å². The normalized spacial score (nSPS) is 17.5. The molecule has 1 aliphatic heterocycles. The van der Waals surface area contributed by atoms with Gasteiger partial charge in [0.05, 0.1) is 22.9 Å². The SMILES string of the molecule is O=C(Nc1ccccc1C(F)(F)F)[C@H]1CC(=O)N(c2ccccc2F)C1. The third-order valence-electron chi connectivity index (χ3n) is 4.13. The van der Waals surface area contributed by atoms with Gasteiger partial charge < -0.3 is 10.2 Å². The van der Waals surface area contributed by atoms with Crippen LogP contribution in [0.2, 0.25) is 0 Å². The van der Waals surface area contributed by atoms with Crippen LogP contribution in [0, 0.1) is 11.7 Å². The highest BCUT2D eigenvalue weighted by molar-refractivity contribution is 6.03. The average molecular weight is 366 g/mol. The van der Waals surface area contributed by atoms with Crippen molar-refractivity contribution in [3.8, 4) is 0 Å². The molecular weight excluding hydrogens is 352 g/mol. The Balaban J connectivity index is 1.77. The predicted molar refractivity (Wildman–Crippen MR) is 86.9 cm³/mol. The third-order valence-corrected chi connectivity index (χ3v) is 4.13. The van der Waals surface area contributed by atoms with Gasteiger partial charge in [0.2, 0.25) is 11.8 Å². The van der Waals surface area contributed by atoms with Gasteiger partial charge in [-0.15, -0.1) is 0 Å². The van der Waals surface area contributed by atoms with Crippen LogP contribution in [0.1, 0.15) is 12.0 Å². The molecule has 0 saturated carbocycles. The van der Waals surface area contributed by atoms with Crippen LogP contribution in [-0.2, 0) is 15.8 Å². The summed E-state index contributed by atoms with van der Waals surface area (Å²) in [6.45, 7) is -0.0974. The van der Waals surface area contributed by atoms with Crippen LogP contribution < -0.4 is 10.2 Å². The Hall–Kier alpha value is -2.90. The molecule has 1 aliphatic rings. The fourth-order valence-electron chi connectivity index (χ4n) is 2.86. The molecule has 1 atom stereocenters. The first-order valence-corrected chi connectivity index (χ1v) is 7.79. The molecule has 1 heterocycles. The van der Waals surface area contributed by atoms with E-state index in [1.54, 1.807) is 6.07 Å². The van der Waals surface area contributed by atoms with Crippen molar-refractivity contribution in [2.24, 2.45) is 5.92 Å². The molecule has 0 radical (unpaired) electrons. The molecule has 0 spiro atoms. The van der Waals surface area contributed by atoms with E-state index in [4.69, 9.17) is 0 Å². The van der Waals surface area contributed by atoms with Crippen molar-refractivity contribution in [1.82, 2.24) is 0 Å². The van der Waals surface area contributed by atoms with E-state index in [9.17, 15) is 27.2 Å². The van der Waals surface area contributed by atoms with Crippen LogP contribution in [0.5, 0.6) is 0 Å². The van der Waals surface area contributed by atoms with E-state index in [2.05, 4.69) is 5.32 Å². The number of carbonyl (C=O) groups excluding carboxylic acids is 2. The molecule has 0 aromatic heterocycles. The van der Waals surface area contributed by atoms with Gasteiger partial charge in [-0.25, -0.2) is 4.39 Å². The van der Waals surface area contributed by atoms with Crippen LogP contribution in [0.4, 0.5) is 28.9 Å². The number of nitrogens with one attached hydrogen (secondary N) is 1. The zero-order valence-corrected chi connectivity index (χ0v) is 13.4. The number of amides is 2. The van der Waals surface area contributed by atoms with E-state index in [0.29, 0.717) is 0 Å². The summed E-state index contributed by atoms with van der Waals surface area (Å²) in [4.78, 5) is 25.6. The maximum absolute atomic E-state index is 13.9. The lowest BCUT2D eigenvalue weighted by atomic mass is 10.1. The number of benzene rings is 2. The van der Waals surface area contributed by atoms with Crippen LogP contribution in [0.15, 0.2) is 48.5 Å².